The molecule has 4 aromatic rings. The Kier molecular flexibility index (Phi) is 5.13. The number of nitrogens with zero attached hydrogens (tertiary/aromatic N) is 3. The fourth-order valence-corrected chi connectivity index (χ4v) is 3.69. The number of hydrogen-bond donors (Lipinski definition) is 1. The molecule has 0 spiro atoms. The van der Waals surface area contributed by atoms with E-state index >= 15 is 0 Å². The van der Waals surface area contributed by atoms with Crippen LogP contribution < -0.4 is 14.8 Å². The van der Waals surface area contributed by atoms with Gasteiger partial charge in [0.25, 0.3) is 5.91 Å². The van der Waals surface area contributed by atoms with Gasteiger partial charge in [0.05, 0.1) is 23.0 Å². The second-order valence-electron chi connectivity index (χ2n) is 6.21. The van der Waals surface area contributed by atoms with Crippen LogP contribution in [0.2, 0.25) is 0 Å². The Bertz CT molecular complexity index is 1190. The van der Waals surface area contributed by atoms with Crippen molar-refractivity contribution in [3.05, 3.63) is 60.0 Å². The van der Waals surface area contributed by atoms with Crippen LogP contribution in [0.1, 0.15) is 5.69 Å². The summed E-state index contributed by atoms with van der Waals surface area (Å²) in [6.07, 6.45) is 0. The molecular weight excluding hydrogens is 395 g/mol. The number of aromatic nitrogens is 3. The number of methoxy groups -OCH3 is 1. The fourth-order valence-electron chi connectivity index (χ4n) is 2.73. The van der Waals surface area contributed by atoms with E-state index < -0.39 is 0 Å². The van der Waals surface area contributed by atoms with Crippen molar-refractivity contribution in [1.29, 1.82) is 0 Å². The van der Waals surface area contributed by atoms with E-state index in [9.17, 15) is 9.18 Å². The quantitative estimate of drug-likeness (QED) is 0.519. The Hall–Kier alpha value is -3.46. The van der Waals surface area contributed by atoms with E-state index in [2.05, 4.69) is 15.4 Å². The number of amides is 1. The van der Waals surface area contributed by atoms with Gasteiger partial charge in [0.1, 0.15) is 23.1 Å². The SMILES string of the molecule is COc1cccc(OCC(=O)Nc2cc(C)nn2-c2nc3ccc(F)cc3s2)c1. The van der Waals surface area contributed by atoms with Crippen molar-refractivity contribution in [2.75, 3.05) is 19.0 Å². The first kappa shape index (κ1) is 18.9. The van der Waals surface area contributed by atoms with Gasteiger partial charge in [-0.15, -0.1) is 0 Å². The maximum atomic E-state index is 13.5. The second-order valence-corrected chi connectivity index (χ2v) is 7.22. The third-order valence-corrected chi connectivity index (χ3v) is 5.02. The lowest BCUT2D eigenvalue weighted by Gasteiger charge is -2.09. The number of anilines is 1. The van der Waals surface area contributed by atoms with Gasteiger partial charge in [-0.05, 0) is 37.3 Å². The number of nitrogens with one attached hydrogen (secondary N) is 1. The number of thiazole rings is 1. The first-order valence-electron chi connectivity index (χ1n) is 8.71. The van der Waals surface area contributed by atoms with Crippen LogP contribution in [0.4, 0.5) is 10.2 Å². The summed E-state index contributed by atoms with van der Waals surface area (Å²) in [6.45, 7) is 1.63. The van der Waals surface area contributed by atoms with E-state index in [1.54, 1.807) is 43.5 Å². The molecular formula is C20H17FN4O3S. The molecule has 4 rings (SSSR count). The molecule has 9 heteroatoms. The molecule has 0 aliphatic rings. The molecule has 0 fully saturated rings. The average Bonchev–Trinajstić information content (AvgIpc) is 3.29. The van der Waals surface area contributed by atoms with Gasteiger partial charge in [-0.25, -0.2) is 9.37 Å². The lowest BCUT2D eigenvalue weighted by Crippen LogP contribution is -2.21. The van der Waals surface area contributed by atoms with Gasteiger partial charge in [0, 0.05) is 12.1 Å². The standard InChI is InChI=1S/C20H17FN4O3S/c1-12-8-18(23-19(26)11-28-15-5-3-4-14(10-15)27-2)25(24-12)20-22-16-7-6-13(21)9-17(16)29-20/h3-10H,11H2,1-2H3,(H,23,26). The summed E-state index contributed by atoms with van der Waals surface area (Å²) in [5.41, 5.74) is 1.37. The molecule has 1 N–H and O–H groups in total. The normalized spacial score (nSPS) is 10.9. The second kappa shape index (κ2) is 7.88. The minimum Gasteiger partial charge on any atom is -0.497 e. The molecule has 0 saturated carbocycles. The van der Waals surface area contributed by atoms with Crippen LogP contribution in [0.15, 0.2) is 48.5 Å². The van der Waals surface area contributed by atoms with Gasteiger partial charge in [0.15, 0.2) is 6.61 Å². The number of aryl methyl sites for hydroxylation is 1. The third kappa shape index (κ3) is 4.19. The Labute approximate surface area is 169 Å². The van der Waals surface area contributed by atoms with Crippen molar-refractivity contribution >= 4 is 33.3 Å². The molecule has 0 bridgehead atoms. The number of rotatable bonds is 6. The highest BCUT2D eigenvalue weighted by Crippen LogP contribution is 2.28. The lowest BCUT2D eigenvalue weighted by atomic mass is 10.3. The molecule has 0 saturated heterocycles. The summed E-state index contributed by atoms with van der Waals surface area (Å²) in [5, 5.41) is 7.70. The summed E-state index contributed by atoms with van der Waals surface area (Å²) >= 11 is 1.29. The van der Waals surface area contributed by atoms with Gasteiger partial charge in [-0.3, -0.25) is 4.79 Å². The number of halogens is 1. The number of fused-ring (bicyclic) bond motifs is 1. The number of hydrogen-bond acceptors (Lipinski definition) is 6. The predicted molar refractivity (Wildman–Crippen MR) is 109 cm³/mol. The highest BCUT2D eigenvalue weighted by Gasteiger charge is 2.15. The van der Waals surface area contributed by atoms with E-state index in [1.807, 2.05) is 6.92 Å². The molecule has 29 heavy (non-hydrogen) atoms. The van der Waals surface area contributed by atoms with Crippen molar-refractivity contribution in [3.8, 4) is 16.6 Å². The molecule has 0 atom stereocenters. The predicted octanol–water partition coefficient (Wildman–Crippen LogP) is 3.96. The van der Waals surface area contributed by atoms with Crippen LogP contribution in [0, 0.1) is 12.7 Å². The Morgan fingerprint density at radius 3 is 2.86 bits per heavy atom. The maximum Gasteiger partial charge on any atom is 0.263 e. The van der Waals surface area contributed by atoms with E-state index in [0.717, 1.165) is 0 Å². The Morgan fingerprint density at radius 2 is 2.03 bits per heavy atom. The van der Waals surface area contributed by atoms with Crippen LogP contribution >= 0.6 is 11.3 Å². The molecule has 2 aromatic heterocycles. The molecule has 0 radical (unpaired) electrons. The van der Waals surface area contributed by atoms with Gasteiger partial charge < -0.3 is 14.8 Å². The van der Waals surface area contributed by atoms with Crippen LogP contribution in [-0.2, 0) is 4.79 Å². The van der Waals surface area contributed by atoms with Gasteiger partial charge in [0.2, 0.25) is 5.13 Å². The lowest BCUT2D eigenvalue weighted by molar-refractivity contribution is -0.118. The first-order valence-corrected chi connectivity index (χ1v) is 9.53. The van der Waals surface area contributed by atoms with Crippen molar-refractivity contribution < 1.29 is 18.7 Å². The molecule has 2 aromatic carbocycles. The molecule has 148 valence electrons. The van der Waals surface area contributed by atoms with Gasteiger partial charge in [-0.2, -0.15) is 9.78 Å². The summed E-state index contributed by atoms with van der Waals surface area (Å²) < 4.78 is 26.3. The third-order valence-electron chi connectivity index (χ3n) is 4.03. The number of benzene rings is 2. The van der Waals surface area contributed by atoms with Crippen LogP contribution in [0.25, 0.3) is 15.3 Å². The fraction of sp³-hybridized carbons (Fsp3) is 0.150. The van der Waals surface area contributed by atoms with E-state index in [1.165, 1.54) is 28.2 Å². The Morgan fingerprint density at radius 1 is 1.21 bits per heavy atom. The summed E-state index contributed by atoms with van der Waals surface area (Å²) in [4.78, 5) is 16.8. The first-order chi connectivity index (χ1) is 14.0. The van der Waals surface area contributed by atoms with Crippen LogP contribution in [0.3, 0.4) is 0 Å². The molecule has 0 aliphatic carbocycles. The summed E-state index contributed by atoms with van der Waals surface area (Å²) in [5.74, 6) is 0.955. The van der Waals surface area contributed by atoms with Crippen molar-refractivity contribution in [2.24, 2.45) is 0 Å². The minimum atomic E-state index is -0.346. The number of ether oxygens (including phenoxy) is 2. The van der Waals surface area contributed by atoms with E-state index in [4.69, 9.17) is 9.47 Å². The summed E-state index contributed by atoms with van der Waals surface area (Å²) in [6, 6.07) is 13.1. The zero-order chi connectivity index (χ0) is 20.4. The molecule has 1 amide bonds. The van der Waals surface area contributed by atoms with Gasteiger partial charge in [-0.1, -0.05) is 17.4 Å². The number of carbonyl (C=O) groups is 1. The van der Waals surface area contributed by atoms with Crippen molar-refractivity contribution in [3.63, 3.8) is 0 Å². The molecule has 7 nitrogen and oxygen atoms in total. The smallest absolute Gasteiger partial charge is 0.263 e. The van der Waals surface area contributed by atoms with Crippen LogP contribution in [-0.4, -0.2) is 34.4 Å². The average molecular weight is 412 g/mol. The summed E-state index contributed by atoms with van der Waals surface area (Å²) in [7, 11) is 1.56. The maximum absolute atomic E-state index is 13.5. The topological polar surface area (TPSA) is 78.3 Å². The molecule has 0 unspecified atom stereocenters. The largest absolute Gasteiger partial charge is 0.497 e. The highest BCUT2D eigenvalue weighted by atomic mass is 32.1. The molecule has 2 heterocycles. The van der Waals surface area contributed by atoms with Crippen molar-refractivity contribution in [2.45, 2.75) is 6.92 Å². The highest BCUT2D eigenvalue weighted by molar-refractivity contribution is 7.20. The monoisotopic (exact) mass is 412 g/mol. The zero-order valence-corrected chi connectivity index (χ0v) is 16.5. The van der Waals surface area contributed by atoms with Gasteiger partial charge >= 0.3 is 0 Å². The van der Waals surface area contributed by atoms with Crippen LogP contribution in [0.5, 0.6) is 11.5 Å². The van der Waals surface area contributed by atoms with Crippen molar-refractivity contribution in [1.82, 2.24) is 14.8 Å². The van der Waals surface area contributed by atoms with E-state index in [-0.39, 0.29) is 18.3 Å². The minimum absolute atomic E-state index is 0.178. The van der Waals surface area contributed by atoms with E-state index in [0.29, 0.717) is 38.4 Å². The number of carbonyl (C=O) groups excluding carboxylic acids is 1. The zero-order valence-electron chi connectivity index (χ0n) is 15.7. The Balaban J connectivity index is 1.50. The molecule has 0 aliphatic heterocycles.